The molecule has 0 radical (unpaired) electrons. The van der Waals surface area contributed by atoms with Crippen molar-refractivity contribution in [2.45, 2.75) is 44.3 Å². The van der Waals surface area contributed by atoms with E-state index in [2.05, 4.69) is 16.4 Å². The van der Waals surface area contributed by atoms with Crippen LogP contribution in [0.5, 0.6) is 0 Å². The quantitative estimate of drug-likeness (QED) is 0.419. The number of hydrogen-bond donors (Lipinski definition) is 2. The van der Waals surface area contributed by atoms with E-state index in [1.165, 1.54) is 6.26 Å². The smallest absolute Gasteiger partial charge is 0.193 e. The number of nitrogens with zero attached hydrogens (tertiary/aromatic N) is 1. The molecule has 1 saturated carbocycles. The molecule has 0 aromatic heterocycles. The Balaban J connectivity index is 0.00000264. The zero-order valence-corrected chi connectivity index (χ0v) is 17.1. The first-order chi connectivity index (χ1) is 10.2. The third kappa shape index (κ3) is 5.07. The second-order valence-corrected chi connectivity index (χ2v) is 8.78. The molecule has 0 unspecified atom stereocenters. The summed E-state index contributed by atoms with van der Waals surface area (Å²) < 4.78 is 23.4. The van der Waals surface area contributed by atoms with Crippen molar-refractivity contribution < 1.29 is 8.42 Å². The maximum Gasteiger partial charge on any atom is 0.193 e. The van der Waals surface area contributed by atoms with Gasteiger partial charge in [0.1, 0.15) is 0 Å². The van der Waals surface area contributed by atoms with Crippen molar-refractivity contribution in [1.82, 2.24) is 0 Å². The molecule has 1 fully saturated rings. The molecule has 0 spiro atoms. The fraction of sp³-hybridized carbons (Fsp3) is 0.562. The number of halogens is 1. The molecule has 1 aromatic rings. The summed E-state index contributed by atoms with van der Waals surface area (Å²) in [6.45, 7) is 4.26. The van der Waals surface area contributed by atoms with Gasteiger partial charge >= 0.3 is 0 Å². The number of guanidine groups is 1. The topological polar surface area (TPSA) is 84.5 Å². The van der Waals surface area contributed by atoms with Crippen LogP contribution in [0.25, 0.3) is 0 Å². The van der Waals surface area contributed by atoms with E-state index in [1.807, 2.05) is 26.0 Å². The minimum Gasteiger partial charge on any atom is -0.370 e. The first kappa shape index (κ1) is 20.2. The van der Waals surface area contributed by atoms with Crippen molar-refractivity contribution in [2.24, 2.45) is 10.7 Å². The predicted octanol–water partition coefficient (Wildman–Crippen LogP) is 3.01. The van der Waals surface area contributed by atoms with Crippen LogP contribution in [0.4, 0.5) is 5.69 Å². The van der Waals surface area contributed by atoms with Gasteiger partial charge in [-0.15, -0.1) is 24.0 Å². The Morgan fingerprint density at radius 3 is 2.22 bits per heavy atom. The lowest BCUT2D eigenvalue weighted by Crippen LogP contribution is -2.39. The number of aryl methyl sites for hydroxylation is 2. The van der Waals surface area contributed by atoms with Gasteiger partial charge in [-0.2, -0.15) is 0 Å². The van der Waals surface area contributed by atoms with Gasteiger partial charge in [0, 0.05) is 11.9 Å². The summed E-state index contributed by atoms with van der Waals surface area (Å²) in [7, 11) is -3.14. The lowest BCUT2D eigenvalue weighted by Gasteiger charge is -2.24. The molecule has 23 heavy (non-hydrogen) atoms. The molecule has 2 rings (SSSR count). The van der Waals surface area contributed by atoms with Gasteiger partial charge in [-0.1, -0.05) is 18.9 Å². The molecule has 7 heteroatoms. The van der Waals surface area contributed by atoms with Crippen LogP contribution >= 0.6 is 24.0 Å². The van der Waals surface area contributed by atoms with Crippen LogP contribution < -0.4 is 11.1 Å². The van der Waals surface area contributed by atoms with Crippen LogP contribution in [0.1, 0.15) is 36.8 Å². The number of aliphatic imine (C=N–C) groups is 1. The van der Waals surface area contributed by atoms with Gasteiger partial charge < -0.3 is 11.1 Å². The van der Waals surface area contributed by atoms with E-state index in [4.69, 9.17) is 5.73 Å². The highest BCUT2D eigenvalue weighted by molar-refractivity contribution is 14.0. The average Bonchev–Trinajstić information content (AvgIpc) is 2.84. The Morgan fingerprint density at radius 1 is 1.22 bits per heavy atom. The molecule has 1 aromatic carbocycles. The highest BCUT2D eigenvalue weighted by Crippen LogP contribution is 2.36. The molecule has 1 aliphatic carbocycles. The molecule has 1 aliphatic rings. The molecule has 3 N–H and O–H groups in total. The fourth-order valence-electron chi connectivity index (χ4n) is 3.13. The van der Waals surface area contributed by atoms with Gasteiger partial charge in [0.15, 0.2) is 15.8 Å². The molecule has 0 atom stereocenters. The van der Waals surface area contributed by atoms with Crippen LogP contribution in [0, 0.1) is 13.8 Å². The summed E-state index contributed by atoms with van der Waals surface area (Å²) in [4.78, 5) is 4.30. The van der Waals surface area contributed by atoms with E-state index >= 15 is 0 Å². The molecule has 0 heterocycles. The Labute approximate surface area is 156 Å². The maximum atomic E-state index is 12.1. The molecule has 0 aliphatic heterocycles. The highest BCUT2D eigenvalue weighted by Gasteiger charge is 2.43. The number of nitrogens with two attached hydrogens (primary N) is 1. The minimum atomic E-state index is -3.14. The Bertz CT molecular complexity index is 660. The van der Waals surface area contributed by atoms with Gasteiger partial charge in [-0.25, -0.2) is 8.42 Å². The van der Waals surface area contributed by atoms with Crippen LogP contribution in [0.2, 0.25) is 0 Å². The van der Waals surface area contributed by atoms with Crippen molar-refractivity contribution in [3.05, 3.63) is 29.3 Å². The third-order valence-electron chi connectivity index (χ3n) is 4.33. The summed E-state index contributed by atoms with van der Waals surface area (Å²) >= 11 is 0. The highest BCUT2D eigenvalue weighted by atomic mass is 127. The van der Waals surface area contributed by atoms with Crippen molar-refractivity contribution in [2.75, 3.05) is 18.1 Å². The summed E-state index contributed by atoms with van der Waals surface area (Å²) in [6.07, 6.45) is 4.53. The van der Waals surface area contributed by atoms with Crippen LogP contribution in [-0.2, 0) is 9.84 Å². The van der Waals surface area contributed by atoms with Crippen LogP contribution in [0.3, 0.4) is 0 Å². The van der Waals surface area contributed by atoms with Crippen molar-refractivity contribution in [3.8, 4) is 0 Å². The van der Waals surface area contributed by atoms with Crippen LogP contribution in [0.15, 0.2) is 23.2 Å². The number of benzene rings is 1. The van der Waals surface area contributed by atoms with Gasteiger partial charge in [-0.3, -0.25) is 4.99 Å². The van der Waals surface area contributed by atoms with E-state index < -0.39 is 14.6 Å². The van der Waals surface area contributed by atoms with E-state index in [0.717, 1.165) is 29.7 Å². The molecule has 0 bridgehead atoms. The van der Waals surface area contributed by atoms with Crippen molar-refractivity contribution >= 4 is 45.5 Å². The Hall–Kier alpha value is -0.830. The third-order valence-corrected chi connectivity index (χ3v) is 6.44. The molecule has 0 amide bonds. The summed E-state index contributed by atoms with van der Waals surface area (Å²) in [5, 5.41) is 3.05. The lowest BCUT2D eigenvalue weighted by atomic mass is 10.1. The number of anilines is 1. The van der Waals surface area contributed by atoms with E-state index in [9.17, 15) is 8.42 Å². The first-order valence-corrected chi connectivity index (χ1v) is 9.46. The maximum absolute atomic E-state index is 12.1. The second-order valence-electron chi connectivity index (χ2n) is 6.37. The Morgan fingerprint density at radius 2 is 1.74 bits per heavy atom. The van der Waals surface area contributed by atoms with Gasteiger partial charge in [-0.05, 0) is 49.9 Å². The number of hydrogen-bond acceptors (Lipinski definition) is 3. The summed E-state index contributed by atoms with van der Waals surface area (Å²) in [6, 6.07) is 6.05. The number of rotatable bonds is 4. The first-order valence-electron chi connectivity index (χ1n) is 7.57. The van der Waals surface area contributed by atoms with E-state index in [0.29, 0.717) is 12.8 Å². The van der Waals surface area contributed by atoms with Gasteiger partial charge in [0.2, 0.25) is 0 Å². The number of nitrogens with one attached hydrogen (secondary N) is 1. The zero-order chi connectivity index (χ0) is 16.4. The SMILES string of the molecule is Cc1cc(C)cc(NC(N)=NCC2(S(C)(=O)=O)CCCC2)c1.I. The standard InChI is InChI=1S/C16H25N3O2S.HI/c1-12-8-13(2)10-14(9-12)19-15(17)18-11-16(22(3,20)21)6-4-5-7-16;/h8-10H,4-7,11H2,1-3H3,(H3,17,18,19);1H. The normalized spacial score (nSPS) is 17.6. The molecule has 0 saturated heterocycles. The lowest BCUT2D eigenvalue weighted by molar-refractivity contribution is 0.521. The molecule has 130 valence electrons. The molecule has 5 nitrogen and oxygen atoms in total. The predicted molar refractivity (Wildman–Crippen MR) is 107 cm³/mol. The molecular formula is C16H26IN3O2S. The van der Waals surface area contributed by atoms with Gasteiger partial charge in [0.05, 0.1) is 11.3 Å². The van der Waals surface area contributed by atoms with Crippen molar-refractivity contribution in [3.63, 3.8) is 0 Å². The monoisotopic (exact) mass is 451 g/mol. The minimum absolute atomic E-state index is 0. The fourth-order valence-corrected chi connectivity index (χ4v) is 4.46. The van der Waals surface area contributed by atoms with Crippen molar-refractivity contribution in [1.29, 1.82) is 0 Å². The van der Waals surface area contributed by atoms with Gasteiger partial charge in [0.25, 0.3) is 0 Å². The Kier molecular flexibility index (Phi) is 6.88. The largest absolute Gasteiger partial charge is 0.370 e. The van der Waals surface area contributed by atoms with Crippen LogP contribution in [-0.4, -0.2) is 31.9 Å². The summed E-state index contributed by atoms with van der Waals surface area (Å²) in [5.41, 5.74) is 9.08. The second kappa shape index (κ2) is 7.83. The van der Waals surface area contributed by atoms with E-state index in [-0.39, 0.29) is 36.5 Å². The zero-order valence-electron chi connectivity index (χ0n) is 13.9. The molecular weight excluding hydrogens is 425 g/mol. The summed E-state index contributed by atoms with van der Waals surface area (Å²) in [5.74, 6) is 0.264. The van der Waals surface area contributed by atoms with E-state index in [1.54, 1.807) is 0 Å². The average molecular weight is 451 g/mol. The number of sulfone groups is 1.